The number of rotatable bonds is 7. The molecule has 2 saturated heterocycles. The molecule has 4 aliphatic rings. The Bertz CT molecular complexity index is 2840. The van der Waals surface area contributed by atoms with Crippen LogP contribution in [0.1, 0.15) is 29.9 Å². The van der Waals surface area contributed by atoms with Gasteiger partial charge < -0.3 is 10.0 Å². The quantitative estimate of drug-likeness (QED) is 0.0972. The van der Waals surface area contributed by atoms with E-state index < -0.39 is 46.8 Å². The van der Waals surface area contributed by atoms with E-state index in [-0.39, 0.29) is 30.4 Å². The van der Waals surface area contributed by atoms with Crippen molar-refractivity contribution in [1.82, 2.24) is 0 Å². The van der Waals surface area contributed by atoms with Crippen molar-refractivity contribution in [3.63, 3.8) is 0 Å². The minimum absolute atomic E-state index is 0.0856. The molecular weight excluding hydrogens is 786 g/mol. The van der Waals surface area contributed by atoms with E-state index in [1.807, 2.05) is 110 Å². The van der Waals surface area contributed by atoms with Crippen molar-refractivity contribution >= 4 is 74.4 Å². The number of fused-ring (bicyclic) bond motifs is 5. The number of anilines is 3. The molecule has 6 aromatic rings. The summed E-state index contributed by atoms with van der Waals surface area (Å²) in [5.41, 5.74) is 3.89. The number of benzene rings is 6. The van der Waals surface area contributed by atoms with Gasteiger partial charge in [0.25, 0.3) is 0 Å². The van der Waals surface area contributed by atoms with E-state index >= 15 is 9.59 Å². The number of nitrogens with zero attached hydrogens (tertiary/aromatic N) is 5. The third-order valence-electron chi connectivity index (χ3n) is 13.2. The number of hydrogen-bond donors (Lipinski definition) is 1. The van der Waals surface area contributed by atoms with E-state index in [1.165, 1.54) is 9.80 Å². The highest BCUT2D eigenvalue weighted by Crippen LogP contribution is 2.65. The second-order valence-electron chi connectivity index (χ2n) is 16.5. The Balaban J connectivity index is 1.08. The van der Waals surface area contributed by atoms with E-state index in [1.54, 1.807) is 54.6 Å². The number of imide groups is 2. The van der Waals surface area contributed by atoms with E-state index in [0.717, 1.165) is 22.2 Å². The Labute approximate surface area is 357 Å². The molecule has 1 saturated carbocycles. The van der Waals surface area contributed by atoms with Gasteiger partial charge in [0.2, 0.25) is 23.6 Å². The number of halogens is 1. The zero-order chi connectivity index (χ0) is 42.2. The van der Waals surface area contributed by atoms with Crippen LogP contribution >= 0.6 is 11.6 Å². The topological polar surface area (TPSA) is 123 Å². The van der Waals surface area contributed by atoms with Gasteiger partial charge in [0.1, 0.15) is 5.75 Å². The molecule has 0 aromatic heterocycles. The Hall–Kier alpha value is -6.91. The van der Waals surface area contributed by atoms with Crippen molar-refractivity contribution in [2.45, 2.75) is 24.2 Å². The van der Waals surface area contributed by atoms with Crippen molar-refractivity contribution in [3.8, 4) is 5.75 Å². The number of amides is 4. The molecule has 6 aromatic carbocycles. The van der Waals surface area contributed by atoms with Gasteiger partial charge >= 0.3 is 0 Å². The van der Waals surface area contributed by atoms with Crippen molar-refractivity contribution in [3.05, 3.63) is 167 Å². The molecular formula is C50H40ClN5O5. The maximum Gasteiger partial charge on any atom is 0.246 e. The number of hydrogen-bond acceptors (Lipinski definition) is 8. The first-order valence-electron chi connectivity index (χ1n) is 20.3. The molecule has 6 atom stereocenters. The van der Waals surface area contributed by atoms with E-state index in [9.17, 15) is 14.7 Å². The Morgan fingerprint density at radius 1 is 0.672 bits per heavy atom. The minimum atomic E-state index is -1.44. The van der Waals surface area contributed by atoms with Gasteiger partial charge in [0.15, 0.2) is 0 Å². The Morgan fingerprint density at radius 2 is 1.34 bits per heavy atom. The molecule has 0 unspecified atom stereocenters. The molecule has 0 bridgehead atoms. The van der Waals surface area contributed by atoms with Crippen molar-refractivity contribution in [1.29, 1.82) is 0 Å². The fourth-order valence-electron chi connectivity index (χ4n) is 10.5. The SMILES string of the molecule is CN(C)c1ccc(N=Nc2ccc(N3C(=O)[C@H]4[C@H](CC=C5[C@H]4C[C@H]4C(=O)N(c6cccc(Cl)c6)C(=O)[C@@]4(c4ccccc4)[C@H]5c4ccc(O)c5ccccc45)C3=O)cc2)cc1. The van der Waals surface area contributed by atoms with Gasteiger partial charge in [-0.05, 0) is 108 Å². The fourth-order valence-corrected chi connectivity index (χ4v) is 10.7. The third-order valence-corrected chi connectivity index (χ3v) is 13.4. The van der Waals surface area contributed by atoms with Crippen LogP contribution < -0.4 is 14.7 Å². The standard InChI is InChI=1S/C50H40ClN5O5/c1-54(2)33-19-15-31(16-20-33)52-53-32-17-21-34(22-18-32)55-46(58)40-24-23-39-41(44(40)48(55)60)28-42-47(59)56(35-12-8-11-30(51)27-35)49(61)50(42,29-9-4-3-5-10-29)45(39)38-25-26-43(57)37-14-7-6-13-36(37)38/h3-23,25-27,40-42,44-45,57H,24,28H2,1-2H3/t40-,41+,42-,44-,45-,50+/m0/s1. The molecule has 2 heterocycles. The summed E-state index contributed by atoms with van der Waals surface area (Å²) < 4.78 is 0. The molecule has 302 valence electrons. The number of azo groups is 1. The summed E-state index contributed by atoms with van der Waals surface area (Å²) in [6, 6.07) is 41.7. The van der Waals surface area contributed by atoms with Crippen LogP contribution in [0.15, 0.2) is 161 Å². The minimum Gasteiger partial charge on any atom is -0.507 e. The van der Waals surface area contributed by atoms with Crippen LogP contribution in [0.4, 0.5) is 28.4 Å². The van der Waals surface area contributed by atoms with Gasteiger partial charge in [-0.3, -0.25) is 24.1 Å². The van der Waals surface area contributed by atoms with Gasteiger partial charge in [-0.15, -0.1) is 0 Å². The number of phenols is 1. The lowest BCUT2D eigenvalue weighted by molar-refractivity contribution is -0.127. The van der Waals surface area contributed by atoms with Crippen molar-refractivity contribution in [2.75, 3.05) is 28.8 Å². The molecule has 2 aliphatic carbocycles. The molecule has 11 heteroatoms. The Morgan fingerprint density at radius 3 is 2.03 bits per heavy atom. The van der Waals surface area contributed by atoms with Crippen molar-refractivity contribution < 1.29 is 24.3 Å². The van der Waals surface area contributed by atoms with E-state index in [0.29, 0.717) is 38.7 Å². The molecule has 1 N–H and O–H groups in total. The van der Waals surface area contributed by atoms with Crippen LogP contribution in [0.3, 0.4) is 0 Å². The summed E-state index contributed by atoms with van der Waals surface area (Å²) in [6.07, 6.45) is 2.48. The van der Waals surface area contributed by atoms with Crippen LogP contribution in [0.25, 0.3) is 10.8 Å². The zero-order valence-corrected chi connectivity index (χ0v) is 34.1. The molecule has 10 rings (SSSR count). The van der Waals surface area contributed by atoms with E-state index in [2.05, 4.69) is 10.2 Å². The maximum atomic E-state index is 15.7. The van der Waals surface area contributed by atoms with Crippen LogP contribution in [-0.2, 0) is 24.6 Å². The molecule has 61 heavy (non-hydrogen) atoms. The summed E-state index contributed by atoms with van der Waals surface area (Å²) in [4.78, 5) is 64.7. The normalized spacial score (nSPS) is 24.6. The Kier molecular flexibility index (Phi) is 9.21. The first-order valence-corrected chi connectivity index (χ1v) is 20.7. The summed E-state index contributed by atoms with van der Waals surface area (Å²) in [7, 11) is 3.93. The van der Waals surface area contributed by atoms with Gasteiger partial charge in [-0.25, -0.2) is 4.90 Å². The largest absolute Gasteiger partial charge is 0.507 e. The molecule has 0 spiro atoms. The first kappa shape index (κ1) is 38.3. The number of carbonyl (C=O) groups excluding carboxylic acids is 4. The average Bonchev–Trinajstić information content (AvgIpc) is 3.67. The highest BCUT2D eigenvalue weighted by Gasteiger charge is 2.70. The predicted molar refractivity (Wildman–Crippen MR) is 236 cm³/mol. The predicted octanol–water partition coefficient (Wildman–Crippen LogP) is 10.0. The molecule has 4 amide bonds. The fraction of sp³-hybridized carbons (Fsp3) is 0.200. The summed E-state index contributed by atoms with van der Waals surface area (Å²) in [5, 5.41) is 21.6. The lowest BCUT2D eigenvalue weighted by Crippen LogP contribution is -2.53. The number of carbonyl (C=O) groups is 4. The highest BCUT2D eigenvalue weighted by molar-refractivity contribution is 6.32. The number of aromatic hydroxyl groups is 1. The maximum absolute atomic E-state index is 15.7. The highest BCUT2D eigenvalue weighted by atomic mass is 35.5. The zero-order valence-electron chi connectivity index (χ0n) is 33.4. The summed E-state index contributed by atoms with van der Waals surface area (Å²) in [6.45, 7) is 0. The second kappa shape index (κ2) is 14.7. The summed E-state index contributed by atoms with van der Waals surface area (Å²) in [5.74, 6) is -5.00. The van der Waals surface area contributed by atoms with E-state index in [4.69, 9.17) is 11.6 Å². The smallest absolute Gasteiger partial charge is 0.246 e. The molecule has 0 radical (unpaired) electrons. The molecule has 2 aliphatic heterocycles. The number of allylic oxidation sites excluding steroid dienone is 2. The molecule has 10 nitrogen and oxygen atoms in total. The van der Waals surface area contributed by atoms with Gasteiger partial charge in [-0.2, -0.15) is 10.2 Å². The van der Waals surface area contributed by atoms with Crippen LogP contribution in [0, 0.1) is 23.7 Å². The van der Waals surface area contributed by atoms with Gasteiger partial charge in [0, 0.05) is 36.1 Å². The lowest BCUT2D eigenvalue weighted by atomic mass is 9.49. The molecule has 3 fully saturated rings. The summed E-state index contributed by atoms with van der Waals surface area (Å²) >= 11 is 6.48. The van der Waals surface area contributed by atoms with Crippen molar-refractivity contribution in [2.24, 2.45) is 33.9 Å². The lowest BCUT2D eigenvalue weighted by Gasteiger charge is -2.51. The second-order valence-corrected chi connectivity index (χ2v) is 16.9. The number of phenolic OH excluding ortho intramolecular Hbond substituents is 1. The average molecular weight is 826 g/mol. The first-order chi connectivity index (χ1) is 29.6. The van der Waals surface area contributed by atoms with Crippen LogP contribution in [0.5, 0.6) is 5.75 Å². The third kappa shape index (κ3) is 5.91. The van der Waals surface area contributed by atoms with Gasteiger partial charge in [-0.1, -0.05) is 90.0 Å². The monoisotopic (exact) mass is 825 g/mol. The van der Waals surface area contributed by atoms with Crippen LogP contribution in [-0.4, -0.2) is 42.8 Å². The van der Waals surface area contributed by atoms with Gasteiger partial charge in [0.05, 0.1) is 45.9 Å². The van der Waals surface area contributed by atoms with Crippen LogP contribution in [0.2, 0.25) is 5.02 Å².